The van der Waals surface area contributed by atoms with Gasteiger partial charge in [0.15, 0.2) is 17.2 Å². The molecular weight excluding hydrogens is 791 g/mol. The van der Waals surface area contributed by atoms with Gasteiger partial charge in [0.25, 0.3) is 12.4 Å². The first kappa shape index (κ1) is 42.3. The van der Waals surface area contributed by atoms with Crippen molar-refractivity contribution in [3.63, 3.8) is 0 Å². The number of sulfonamides is 1. The van der Waals surface area contributed by atoms with E-state index in [9.17, 15) is 18.0 Å². The average Bonchev–Trinajstić information content (AvgIpc) is 3.63. The number of nitrogens with one attached hydrogen (secondary N) is 1. The Morgan fingerprint density at radius 3 is 2.38 bits per heavy atom. The van der Waals surface area contributed by atoms with Gasteiger partial charge in [0.05, 0.1) is 48.3 Å². The van der Waals surface area contributed by atoms with Crippen molar-refractivity contribution in [1.82, 2.24) is 24.7 Å². The molecule has 2 aromatic heterocycles. The van der Waals surface area contributed by atoms with Crippen molar-refractivity contribution in [3.05, 3.63) is 63.5 Å². The Kier molecular flexibility index (Phi) is 14.3. The van der Waals surface area contributed by atoms with E-state index >= 15 is 0 Å². The number of rotatable bonds is 6. The molecule has 1 unspecified atom stereocenters. The molecule has 1 fully saturated rings. The Hall–Kier alpha value is -4.84. The number of aromatic nitrogens is 2. The number of pyridine rings is 1. The number of anilines is 1. The Morgan fingerprint density at radius 1 is 0.982 bits per heavy atom. The molecule has 2 aromatic carbocycles. The zero-order valence-corrected chi connectivity index (χ0v) is 33.7. The van der Waals surface area contributed by atoms with Gasteiger partial charge < -0.3 is 39.0 Å². The van der Waals surface area contributed by atoms with Crippen LogP contribution in [-0.2, 0) is 26.2 Å². The lowest BCUT2D eigenvalue weighted by atomic mass is 9.97. The Bertz CT molecular complexity index is 2170. The zero-order valence-electron chi connectivity index (χ0n) is 31.4. The van der Waals surface area contributed by atoms with E-state index in [1.54, 1.807) is 13.0 Å². The molecular formula is C37H44Cl2N6O10S. The number of piperidine rings is 1. The number of carbonyl (C=O) groups excluding carboxylic acids is 2. The Morgan fingerprint density at radius 2 is 1.71 bits per heavy atom. The number of ether oxygens (including phenoxy) is 3. The van der Waals surface area contributed by atoms with Crippen LogP contribution in [-0.4, -0.2) is 112 Å². The van der Waals surface area contributed by atoms with Crippen LogP contribution in [0, 0.1) is 12.8 Å². The summed E-state index contributed by atoms with van der Waals surface area (Å²) in [7, 11) is 0.423. The van der Waals surface area contributed by atoms with E-state index in [0.29, 0.717) is 77.8 Å². The summed E-state index contributed by atoms with van der Waals surface area (Å²) >= 11 is 12.5. The minimum absolute atomic E-state index is 0.0199. The molecule has 2 N–H and O–H groups in total. The van der Waals surface area contributed by atoms with Crippen LogP contribution < -0.4 is 24.4 Å². The van der Waals surface area contributed by atoms with E-state index < -0.39 is 15.9 Å². The highest BCUT2D eigenvalue weighted by Crippen LogP contribution is 2.44. The highest BCUT2D eigenvalue weighted by Gasteiger charge is 2.31. The van der Waals surface area contributed by atoms with Gasteiger partial charge in [-0.25, -0.2) is 13.4 Å². The summed E-state index contributed by atoms with van der Waals surface area (Å²) in [6, 6.07) is 9.41. The number of nitrogens with zero attached hydrogens (tertiary/aromatic N) is 5. The molecule has 4 heterocycles. The van der Waals surface area contributed by atoms with Crippen LogP contribution in [0.25, 0.3) is 10.9 Å². The van der Waals surface area contributed by atoms with Crippen LogP contribution in [0.1, 0.15) is 47.5 Å². The van der Waals surface area contributed by atoms with Gasteiger partial charge in [0, 0.05) is 62.4 Å². The molecule has 0 saturated carbocycles. The van der Waals surface area contributed by atoms with E-state index in [-0.39, 0.29) is 65.1 Å². The van der Waals surface area contributed by atoms with Crippen molar-refractivity contribution in [2.45, 2.75) is 44.0 Å². The molecule has 0 radical (unpaired) electrons. The van der Waals surface area contributed by atoms with Crippen LogP contribution >= 0.6 is 23.2 Å². The molecule has 56 heavy (non-hydrogen) atoms. The van der Waals surface area contributed by atoms with Gasteiger partial charge in [-0.2, -0.15) is 4.31 Å². The van der Waals surface area contributed by atoms with Gasteiger partial charge in [-0.1, -0.05) is 28.4 Å². The van der Waals surface area contributed by atoms with E-state index in [4.69, 9.17) is 56.8 Å². The van der Waals surface area contributed by atoms with E-state index in [1.165, 1.54) is 54.8 Å². The molecule has 2 aliphatic heterocycles. The first-order valence-electron chi connectivity index (χ1n) is 17.7. The molecule has 2 aliphatic rings. The molecule has 302 valence electrons. The summed E-state index contributed by atoms with van der Waals surface area (Å²) in [5.74, 6) is 1.61. The van der Waals surface area contributed by atoms with E-state index in [0.717, 1.165) is 12.8 Å². The number of halogens is 2. The number of benzene rings is 2. The van der Waals surface area contributed by atoms with Crippen LogP contribution in [0.2, 0.25) is 10.0 Å². The fourth-order valence-electron chi connectivity index (χ4n) is 6.86. The van der Waals surface area contributed by atoms with E-state index in [2.05, 4.69) is 15.4 Å². The lowest BCUT2D eigenvalue weighted by molar-refractivity contribution is -0.123. The standard InChI is InChI=1S/C36H42Cl2N6O8S.CH2O2/c1-22-14-30(41-52-22)36(46)43-11-5-6-13-44(53(47,48)25-9-10-27(37)28(38)16-25)20-24-15-26-29(17-31(49-2)34(51-4)33(26)50-3)40-35(24)42-12-7-8-23(19-42)18-39-32(45)21-43;2-1-3/h9-10,14-17,23H,5-8,11-13,18-21H2,1-4H3,(H,39,45);1H,(H,2,3). The summed E-state index contributed by atoms with van der Waals surface area (Å²) < 4.78 is 52.6. The van der Waals surface area contributed by atoms with Gasteiger partial charge in [-0.3, -0.25) is 14.4 Å². The maximum atomic E-state index is 14.5. The second-order valence-corrected chi connectivity index (χ2v) is 16.0. The molecule has 1 saturated heterocycles. The normalized spacial score (nSPS) is 17.2. The second kappa shape index (κ2) is 18.9. The molecule has 19 heteroatoms. The monoisotopic (exact) mass is 834 g/mol. The van der Waals surface area contributed by atoms with Crippen molar-refractivity contribution >= 4 is 68.2 Å². The molecule has 2 amide bonds. The van der Waals surface area contributed by atoms with Gasteiger partial charge in [0.2, 0.25) is 21.7 Å². The topological polar surface area (TPSA) is 194 Å². The van der Waals surface area contributed by atoms with Crippen LogP contribution in [0.5, 0.6) is 17.2 Å². The first-order valence-corrected chi connectivity index (χ1v) is 19.9. The lowest BCUT2D eigenvalue weighted by Crippen LogP contribution is -2.45. The van der Waals surface area contributed by atoms with Crippen LogP contribution in [0.3, 0.4) is 0 Å². The van der Waals surface area contributed by atoms with Crippen molar-refractivity contribution < 1.29 is 46.6 Å². The number of amides is 2. The fourth-order valence-corrected chi connectivity index (χ4v) is 8.70. The number of aryl methyl sites for hydroxylation is 1. The lowest BCUT2D eigenvalue weighted by Gasteiger charge is -2.36. The largest absolute Gasteiger partial charge is 0.493 e. The number of fused-ring (bicyclic) bond motifs is 5. The first-order chi connectivity index (χ1) is 26.8. The van der Waals surface area contributed by atoms with Crippen molar-refractivity contribution in [2.24, 2.45) is 5.92 Å². The Balaban J connectivity index is 0.00000194. The predicted octanol–water partition coefficient (Wildman–Crippen LogP) is 5.02. The fraction of sp³-hybridized carbons (Fsp3) is 0.432. The summed E-state index contributed by atoms with van der Waals surface area (Å²) in [5, 5.41) is 14.7. The van der Waals surface area contributed by atoms with Gasteiger partial charge in [0.1, 0.15) is 11.6 Å². The number of carbonyl (C=O) groups is 3. The molecule has 4 aromatic rings. The van der Waals surface area contributed by atoms with Crippen LogP contribution in [0.15, 0.2) is 45.8 Å². The van der Waals surface area contributed by atoms with Gasteiger partial charge in [-0.05, 0) is 62.8 Å². The third-order valence-corrected chi connectivity index (χ3v) is 12.1. The third kappa shape index (κ3) is 9.57. The molecule has 6 rings (SSSR count). The van der Waals surface area contributed by atoms with Crippen molar-refractivity contribution in [2.75, 3.05) is 65.5 Å². The number of hydrogen-bond donors (Lipinski definition) is 2. The minimum atomic E-state index is -4.15. The summed E-state index contributed by atoms with van der Waals surface area (Å²) in [6.45, 7) is 3.06. The SMILES string of the molecule is COc1cc2nc3c(cc2c(OC)c1OC)CN(S(=O)(=O)c1ccc(Cl)c(Cl)c1)CCCCN(C(=O)c1cc(C)on1)CC(=O)NCC1CCCN3C1.O=CO. The number of carboxylic acid groups (broad SMARTS) is 1. The van der Waals surface area contributed by atoms with E-state index in [1.807, 2.05) is 6.07 Å². The smallest absolute Gasteiger partial charge is 0.290 e. The maximum Gasteiger partial charge on any atom is 0.290 e. The molecule has 0 aliphatic carbocycles. The molecule has 1 atom stereocenters. The van der Waals surface area contributed by atoms with Crippen molar-refractivity contribution in [3.8, 4) is 17.2 Å². The van der Waals surface area contributed by atoms with Gasteiger partial charge >= 0.3 is 0 Å². The summed E-state index contributed by atoms with van der Waals surface area (Å²) in [6.07, 6.45) is 2.40. The second-order valence-electron chi connectivity index (χ2n) is 13.2. The third-order valence-electron chi connectivity index (χ3n) is 9.51. The quantitative estimate of drug-likeness (QED) is 0.246. The Labute approximate surface area is 334 Å². The maximum absolute atomic E-state index is 14.5. The molecule has 0 spiro atoms. The summed E-state index contributed by atoms with van der Waals surface area (Å²) in [4.78, 5) is 43.8. The average molecular weight is 836 g/mol. The minimum Gasteiger partial charge on any atom is -0.493 e. The van der Waals surface area contributed by atoms with Gasteiger partial charge in [-0.15, -0.1) is 0 Å². The number of hydrogen-bond acceptors (Lipinski definition) is 12. The molecule has 2 bridgehead atoms. The highest BCUT2D eigenvalue weighted by atomic mass is 35.5. The molecule has 16 nitrogen and oxygen atoms in total. The number of methoxy groups -OCH3 is 3. The van der Waals surface area contributed by atoms with Crippen LogP contribution in [0.4, 0.5) is 5.82 Å². The highest BCUT2D eigenvalue weighted by molar-refractivity contribution is 7.89. The van der Waals surface area contributed by atoms with Crippen molar-refractivity contribution in [1.29, 1.82) is 0 Å². The summed E-state index contributed by atoms with van der Waals surface area (Å²) in [5.41, 5.74) is 1.31. The zero-order chi connectivity index (χ0) is 40.6. The predicted molar refractivity (Wildman–Crippen MR) is 208 cm³/mol.